The second kappa shape index (κ2) is 9.56. The van der Waals surface area contributed by atoms with Crippen LogP contribution in [0.1, 0.15) is 90.5 Å². The van der Waals surface area contributed by atoms with Gasteiger partial charge in [0.25, 0.3) is 0 Å². The van der Waals surface area contributed by atoms with Gasteiger partial charge in [-0.2, -0.15) is 0 Å². The number of rotatable bonds is 3. The van der Waals surface area contributed by atoms with Gasteiger partial charge < -0.3 is 9.64 Å². The van der Waals surface area contributed by atoms with Crippen LogP contribution in [0.2, 0.25) is 0 Å². The molecule has 4 saturated carbocycles. The Morgan fingerprint density at radius 1 is 1.00 bits per heavy atom. The van der Waals surface area contributed by atoms with Crippen molar-refractivity contribution in [2.75, 3.05) is 13.1 Å². The lowest BCUT2D eigenvalue weighted by molar-refractivity contribution is -0.160. The Bertz CT molecular complexity index is 1010. The number of fused-ring (bicyclic) bond motifs is 5. The number of carbonyl (C=O) groups is 1. The van der Waals surface area contributed by atoms with Crippen LogP contribution in [-0.4, -0.2) is 36.1 Å². The fourth-order valence-electron chi connectivity index (χ4n) is 9.80. The van der Waals surface area contributed by atoms with E-state index in [4.69, 9.17) is 4.74 Å². The molecule has 0 N–H and O–H groups in total. The first-order valence-electron chi connectivity index (χ1n) is 14.7. The molecule has 0 aromatic heterocycles. The average Bonchev–Trinajstić information content (AvgIpc) is 3.47. The van der Waals surface area contributed by atoms with E-state index >= 15 is 0 Å². The van der Waals surface area contributed by atoms with Gasteiger partial charge in [0, 0.05) is 22.9 Å². The van der Waals surface area contributed by atoms with Crippen molar-refractivity contribution < 1.29 is 9.53 Å². The van der Waals surface area contributed by atoms with Crippen LogP contribution in [0, 0.1) is 34.5 Å². The summed E-state index contributed by atoms with van der Waals surface area (Å²) in [5, 5.41) is 0. The number of ether oxygens (including phenoxy) is 1. The number of nitrogens with zero attached hydrogens (tertiary/aromatic N) is 1. The molecule has 4 heteroatoms. The molecule has 6 rings (SSSR count). The summed E-state index contributed by atoms with van der Waals surface area (Å²) in [6, 6.07) is 9.39. The third-order valence-electron chi connectivity index (χ3n) is 11.6. The molecule has 0 spiro atoms. The van der Waals surface area contributed by atoms with Gasteiger partial charge in [0.05, 0.1) is 0 Å². The SMILES string of the molecule is CC(=O)O[C@H]1/C(=C/c2ccc(Br)cc2)CC2C3CCC4C[C@@H](N5CCCC5)CC[C@]4(C)C3CC[C@@]21C. The van der Waals surface area contributed by atoms with E-state index in [1.807, 2.05) is 0 Å². The Labute approximate surface area is 226 Å². The highest BCUT2D eigenvalue weighted by atomic mass is 79.9. The molecule has 196 valence electrons. The lowest BCUT2D eigenvalue weighted by Gasteiger charge is -2.61. The molecule has 0 amide bonds. The molecule has 1 aliphatic heterocycles. The van der Waals surface area contributed by atoms with Crippen LogP contribution >= 0.6 is 15.9 Å². The number of benzene rings is 1. The Morgan fingerprint density at radius 2 is 1.72 bits per heavy atom. The van der Waals surface area contributed by atoms with Crippen molar-refractivity contribution in [3.05, 3.63) is 39.9 Å². The quantitative estimate of drug-likeness (QED) is 0.356. The van der Waals surface area contributed by atoms with Crippen molar-refractivity contribution in [2.24, 2.45) is 34.5 Å². The van der Waals surface area contributed by atoms with Crippen molar-refractivity contribution in [3.8, 4) is 0 Å². The van der Waals surface area contributed by atoms with Crippen LogP contribution in [0.3, 0.4) is 0 Å². The van der Waals surface area contributed by atoms with Crippen molar-refractivity contribution in [3.63, 3.8) is 0 Å². The van der Waals surface area contributed by atoms with Gasteiger partial charge in [0.15, 0.2) is 0 Å². The van der Waals surface area contributed by atoms with Gasteiger partial charge in [0.1, 0.15) is 6.10 Å². The zero-order chi connectivity index (χ0) is 25.1. The number of halogens is 1. The minimum atomic E-state index is -0.137. The monoisotopic (exact) mass is 553 g/mol. The zero-order valence-corrected chi connectivity index (χ0v) is 24.1. The first kappa shape index (κ1) is 25.2. The van der Waals surface area contributed by atoms with Crippen LogP contribution in [0.25, 0.3) is 6.08 Å². The maximum atomic E-state index is 12.3. The molecule has 5 aliphatic rings. The van der Waals surface area contributed by atoms with E-state index in [1.54, 1.807) is 6.92 Å². The minimum Gasteiger partial charge on any atom is -0.457 e. The van der Waals surface area contributed by atoms with Crippen molar-refractivity contribution in [1.29, 1.82) is 0 Å². The number of hydrogen-bond acceptors (Lipinski definition) is 3. The van der Waals surface area contributed by atoms with Crippen LogP contribution in [0.4, 0.5) is 0 Å². The Hall–Kier alpha value is -1.13. The van der Waals surface area contributed by atoms with Crippen LogP contribution in [0.15, 0.2) is 34.3 Å². The summed E-state index contributed by atoms with van der Waals surface area (Å²) in [5.41, 5.74) is 3.10. The van der Waals surface area contributed by atoms with Crippen molar-refractivity contribution in [2.45, 2.75) is 97.1 Å². The van der Waals surface area contributed by atoms with Gasteiger partial charge in [-0.25, -0.2) is 0 Å². The molecule has 3 nitrogen and oxygen atoms in total. The second-order valence-electron chi connectivity index (χ2n) is 13.3. The van der Waals surface area contributed by atoms with E-state index in [1.165, 1.54) is 82.0 Å². The van der Waals surface area contributed by atoms with Crippen LogP contribution < -0.4 is 0 Å². The molecule has 4 unspecified atom stereocenters. The Kier molecular flexibility index (Phi) is 6.68. The lowest BCUT2D eigenvalue weighted by Crippen LogP contribution is -2.55. The zero-order valence-electron chi connectivity index (χ0n) is 22.5. The van der Waals surface area contributed by atoms with E-state index in [9.17, 15) is 4.79 Å². The molecular weight excluding hydrogens is 510 g/mol. The lowest BCUT2D eigenvalue weighted by atomic mass is 9.45. The van der Waals surface area contributed by atoms with E-state index in [0.29, 0.717) is 11.3 Å². The van der Waals surface area contributed by atoms with Crippen molar-refractivity contribution >= 4 is 28.0 Å². The van der Waals surface area contributed by atoms with Gasteiger partial charge in [0.2, 0.25) is 0 Å². The third kappa shape index (κ3) is 4.23. The average molecular weight is 555 g/mol. The second-order valence-corrected chi connectivity index (χ2v) is 14.3. The van der Waals surface area contributed by atoms with Gasteiger partial charge in [-0.3, -0.25) is 4.79 Å². The standard InChI is InChI=1S/C32H44BrNO2/c1-21(35)36-30-23(18-22-6-9-25(33)10-7-22)19-29-27-11-8-24-20-26(34-16-4-5-17-34)12-14-31(24,2)28(27)13-15-32(29,30)3/h6-7,9-10,18,24,26-30H,4-5,8,11-17,19-20H2,1-3H3/b23-18+/t24?,26-,27?,28?,29?,30-,31-,32-/m0/s1. The topological polar surface area (TPSA) is 29.5 Å². The highest BCUT2D eigenvalue weighted by Crippen LogP contribution is 2.67. The largest absolute Gasteiger partial charge is 0.457 e. The number of hydrogen-bond donors (Lipinski definition) is 0. The maximum absolute atomic E-state index is 12.3. The normalized spacial score (nSPS) is 43.6. The highest BCUT2D eigenvalue weighted by Gasteiger charge is 2.62. The fourth-order valence-corrected chi connectivity index (χ4v) is 10.1. The molecule has 1 saturated heterocycles. The van der Waals surface area contributed by atoms with Crippen LogP contribution in [-0.2, 0) is 9.53 Å². The maximum Gasteiger partial charge on any atom is 0.303 e. The highest BCUT2D eigenvalue weighted by molar-refractivity contribution is 9.10. The Balaban J connectivity index is 1.26. The predicted molar refractivity (Wildman–Crippen MR) is 149 cm³/mol. The first-order chi connectivity index (χ1) is 17.3. The molecule has 0 radical (unpaired) electrons. The van der Waals surface area contributed by atoms with Crippen molar-refractivity contribution in [1.82, 2.24) is 4.90 Å². The van der Waals surface area contributed by atoms with E-state index < -0.39 is 0 Å². The van der Waals surface area contributed by atoms with Crippen LogP contribution in [0.5, 0.6) is 0 Å². The third-order valence-corrected chi connectivity index (χ3v) is 12.2. The summed E-state index contributed by atoms with van der Waals surface area (Å²) in [5.74, 6) is 2.98. The summed E-state index contributed by atoms with van der Waals surface area (Å²) >= 11 is 3.56. The summed E-state index contributed by atoms with van der Waals surface area (Å²) < 4.78 is 7.25. The molecule has 1 aromatic carbocycles. The summed E-state index contributed by atoms with van der Waals surface area (Å²) in [6.45, 7) is 9.39. The molecule has 0 bridgehead atoms. The summed E-state index contributed by atoms with van der Waals surface area (Å²) in [6.07, 6.45) is 15.7. The molecular formula is C32H44BrNO2. The van der Waals surface area contributed by atoms with Gasteiger partial charge >= 0.3 is 5.97 Å². The molecule has 1 aromatic rings. The molecule has 8 atom stereocenters. The fraction of sp³-hybridized carbons (Fsp3) is 0.719. The van der Waals surface area contributed by atoms with E-state index in [-0.39, 0.29) is 17.5 Å². The summed E-state index contributed by atoms with van der Waals surface area (Å²) in [4.78, 5) is 15.1. The van der Waals surface area contributed by atoms with E-state index in [2.05, 4.69) is 65.0 Å². The number of likely N-dealkylation sites (tertiary alicyclic amines) is 1. The molecule has 4 aliphatic carbocycles. The minimum absolute atomic E-state index is 0.0595. The molecule has 1 heterocycles. The molecule has 36 heavy (non-hydrogen) atoms. The smallest absolute Gasteiger partial charge is 0.303 e. The number of esters is 1. The first-order valence-corrected chi connectivity index (χ1v) is 15.4. The Morgan fingerprint density at radius 3 is 2.44 bits per heavy atom. The number of carbonyl (C=O) groups excluding carboxylic acids is 1. The van der Waals surface area contributed by atoms with E-state index in [0.717, 1.165) is 34.7 Å². The van der Waals surface area contributed by atoms with Gasteiger partial charge in [-0.1, -0.05) is 48.0 Å². The summed E-state index contributed by atoms with van der Waals surface area (Å²) in [7, 11) is 0. The molecule has 5 fully saturated rings. The van der Waals surface area contributed by atoms with Gasteiger partial charge in [-0.05, 0) is 130 Å². The van der Waals surface area contributed by atoms with Gasteiger partial charge in [-0.15, -0.1) is 0 Å². The predicted octanol–water partition coefficient (Wildman–Crippen LogP) is 7.88.